The molecular formula is C22H31F3N8O. The standard InChI is InChI=1S/C22H31F3N8O/c1-15-12-32(20-27-10-17(11-28-20)22(23,24)25)13-16(2)33(15)21(34)29-18-4-7-31(8-5-18)14-19-26-6-9-30(19)3/h6,9-11,15-16,18H,4-5,7-8,12-14H2,1-3H3,(H,29,34)/t15-,16+. The van der Waals surface area contributed by atoms with Crippen molar-refractivity contribution in [2.75, 3.05) is 31.1 Å². The normalized spacial score (nSPS) is 22.8. The summed E-state index contributed by atoms with van der Waals surface area (Å²) in [6.07, 6.45) is 2.62. The number of alkyl halides is 3. The van der Waals surface area contributed by atoms with E-state index in [1.807, 2.05) is 41.5 Å². The van der Waals surface area contributed by atoms with E-state index in [0.717, 1.165) is 50.7 Å². The van der Waals surface area contributed by atoms with Crippen LogP contribution in [0.3, 0.4) is 0 Å². The van der Waals surface area contributed by atoms with E-state index in [4.69, 9.17) is 0 Å². The van der Waals surface area contributed by atoms with Crippen molar-refractivity contribution in [3.63, 3.8) is 0 Å². The van der Waals surface area contributed by atoms with Crippen molar-refractivity contribution in [2.24, 2.45) is 7.05 Å². The van der Waals surface area contributed by atoms with Gasteiger partial charge < -0.3 is 19.7 Å². The highest BCUT2D eigenvalue weighted by atomic mass is 19.4. The third-order valence-electron chi connectivity index (χ3n) is 6.60. The summed E-state index contributed by atoms with van der Waals surface area (Å²) in [5, 5.41) is 3.18. The molecule has 9 nitrogen and oxygen atoms in total. The van der Waals surface area contributed by atoms with Crippen LogP contribution in [0.15, 0.2) is 24.8 Å². The zero-order chi connectivity index (χ0) is 24.5. The second-order valence-corrected chi connectivity index (χ2v) is 9.23. The second-order valence-electron chi connectivity index (χ2n) is 9.23. The average Bonchev–Trinajstić information content (AvgIpc) is 3.18. The van der Waals surface area contributed by atoms with Crippen LogP contribution >= 0.6 is 0 Å². The number of piperazine rings is 1. The Kier molecular flexibility index (Phi) is 6.96. The number of hydrogen-bond donors (Lipinski definition) is 1. The molecule has 0 radical (unpaired) electrons. The van der Waals surface area contributed by atoms with Gasteiger partial charge in [0.05, 0.1) is 12.1 Å². The van der Waals surface area contributed by atoms with Crippen LogP contribution in [0.4, 0.5) is 23.9 Å². The summed E-state index contributed by atoms with van der Waals surface area (Å²) < 4.78 is 40.4. The van der Waals surface area contributed by atoms with Crippen molar-refractivity contribution < 1.29 is 18.0 Å². The van der Waals surface area contributed by atoms with E-state index in [0.29, 0.717) is 13.1 Å². The fourth-order valence-electron chi connectivity index (χ4n) is 4.75. The number of halogens is 3. The lowest BCUT2D eigenvalue weighted by atomic mass is 10.0. The molecule has 12 heteroatoms. The van der Waals surface area contributed by atoms with E-state index < -0.39 is 11.7 Å². The molecular weight excluding hydrogens is 449 g/mol. The summed E-state index contributed by atoms with van der Waals surface area (Å²) in [6.45, 7) is 7.34. The van der Waals surface area contributed by atoms with E-state index in [1.54, 1.807) is 6.20 Å². The summed E-state index contributed by atoms with van der Waals surface area (Å²) in [7, 11) is 1.99. The number of carbonyl (C=O) groups is 1. The predicted octanol–water partition coefficient (Wildman–Crippen LogP) is 2.50. The number of anilines is 1. The number of carbonyl (C=O) groups excluding carboxylic acids is 1. The predicted molar refractivity (Wildman–Crippen MR) is 120 cm³/mol. The van der Waals surface area contributed by atoms with Gasteiger partial charge in [-0.1, -0.05) is 0 Å². The number of likely N-dealkylation sites (tertiary alicyclic amines) is 1. The smallest absolute Gasteiger partial charge is 0.337 e. The van der Waals surface area contributed by atoms with Crippen LogP contribution in [0, 0.1) is 0 Å². The molecule has 2 aliphatic heterocycles. The van der Waals surface area contributed by atoms with Gasteiger partial charge >= 0.3 is 12.2 Å². The summed E-state index contributed by atoms with van der Waals surface area (Å²) >= 11 is 0. The quantitative estimate of drug-likeness (QED) is 0.724. The second kappa shape index (κ2) is 9.77. The van der Waals surface area contributed by atoms with Gasteiger partial charge in [0.15, 0.2) is 0 Å². The number of urea groups is 1. The molecule has 0 aliphatic carbocycles. The minimum absolute atomic E-state index is 0.101. The third kappa shape index (κ3) is 5.43. The molecule has 186 valence electrons. The highest BCUT2D eigenvalue weighted by molar-refractivity contribution is 5.75. The number of piperidine rings is 1. The van der Waals surface area contributed by atoms with Crippen molar-refractivity contribution >= 4 is 12.0 Å². The fourth-order valence-corrected chi connectivity index (χ4v) is 4.75. The monoisotopic (exact) mass is 480 g/mol. The molecule has 2 amide bonds. The van der Waals surface area contributed by atoms with Crippen LogP contribution in [-0.4, -0.2) is 79.7 Å². The molecule has 2 aliphatic rings. The molecule has 2 aromatic heterocycles. The zero-order valence-electron chi connectivity index (χ0n) is 19.7. The van der Waals surface area contributed by atoms with Crippen molar-refractivity contribution in [3.05, 3.63) is 36.2 Å². The molecule has 34 heavy (non-hydrogen) atoms. The Morgan fingerprint density at radius 2 is 1.71 bits per heavy atom. The third-order valence-corrected chi connectivity index (χ3v) is 6.60. The summed E-state index contributed by atoms with van der Waals surface area (Å²) in [5.41, 5.74) is -0.874. The molecule has 0 spiro atoms. The molecule has 4 heterocycles. The average molecular weight is 481 g/mol. The van der Waals surface area contributed by atoms with Gasteiger partial charge in [-0.15, -0.1) is 0 Å². The lowest BCUT2D eigenvalue weighted by Gasteiger charge is -2.45. The van der Waals surface area contributed by atoms with Crippen LogP contribution in [-0.2, 0) is 19.8 Å². The maximum Gasteiger partial charge on any atom is 0.419 e. The molecule has 0 saturated carbocycles. The zero-order valence-corrected chi connectivity index (χ0v) is 19.7. The topological polar surface area (TPSA) is 82.4 Å². The van der Waals surface area contributed by atoms with Crippen LogP contribution in [0.25, 0.3) is 0 Å². The summed E-state index contributed by atoms with van der Waals surface area (Å²) in [6, 6.07) is -0.271. The minimum Gasteiger partial charge on any atom is -0.337 e. The van der Waals surface area contributed by atoms with E-state index in [-0.39, 0.29) is 30.1 Å². The molecule has 0 unspecified atom stereocenters. The van der Waals surface area contributed by atoms with Crippen LogP contribution in [0.5, 0.6) is 0 Å². The van der Waals surface area contributed by atoms with Crippen LogP contribution < -0.4 is 10.2 Å². The molecule has 2 fully saturated rings. The van der Waals surface area contributed by atoms with Gasteiger partial charge in [-0.25, -0.2) is 19.7 Å². The van der Waals surface area contributed by atoms with Gasteiger partial charge in [-0.05, 0) is 26.7 Å². The Labute approximate surface area is 197 Å². The highest BCUT2D eigenvalue weighted by Crippen LogP contribution is 2.29. The number of nitrogens with zero attached hydrogens (tertiary/aromatic N) is 7. The molecule has 0 bridgehead atoms. The number of aryl methyl sites for hydroxylation is 1. The number of amides is 2. The van der Waals surface area contributed by atoms with Crippen molar-refractivity contribution in [1.29, 1.82) is 0 Å². The first-order valence-electron chi connectivity index (χ1n) is 11.5. The summed E-state index contributed by atoms with van der Waals surface area (Å²) in [5.74, 6) is 1.27. The van der Waals surface area contributed by atoms with E-state index >= 15 is 0 Å². The van der Waals surface area contributed by atoms with Gasteiger partial charge in [0, 0.05) is 76.1 Å². The molecule has 4 rings (SSSR count). The van der Waals surface area contributed by atoms with Gasteiger partial charge in [0.25, 0.3) is 0 Å². The first-order chi connectivity index (χ1) is 16.1. The SMILES string of the molecule is C[C@@H]1CN(c2ncc(C(F)(F)F)cn2)C[C@H](C)N1C(=O)NC1CCN(Cc2nccn2C)CC1. The number of aromatic nitrogens is 4. The van der Waals surface area contributed by atoms with Crippen LogP contribution in [0.1, 0.15) is 38.1 Å². The summed E-state index contributed by atoms with van der Waals surface area (Å²) in [4.78, 5) is 31.3. The molecule has 0 aromatic carbocycles. The maximum atomic E-state index is 13.1. The number of imidazole rings is 1. The highest BCUT2D eigenvalue weighted by Gasteiger charge is 2.36. The maximum absolute atomic E-state index is 13.1. The Balaban J connectivity index is 1.28. The van der Waals surface area contributed by atoms with Crippen LogP contribution in [0.2, 0.25) is 0 Å². The Morgan fingerprint density at radius 1 is 1.09 bits per heavy atom. The van der Waals surface area contributed by atoms with Gasteiger partial charge in [-0.3, -0.25) is 4.90 Å². The van der Waals surface area contributed by atoms with E-state index in [9.17, 15) is 18.0 Å². The Hall–Kier alpha value is -2.89. The first-order valence-corrected chi connectivity index (χ1v) is 11.5. The van der Waals surface area contributed by atoms with Gasteiger partial charge in [0.1, 0.15) is 5.82 Å². The largest absolute Gasteiger partial charge is 0.419 e. The number of hydrogen-bond acceptors (Lipinski definition) is 6. The van der Waals surface area contributed by atoms with E-state index in [1.165, 1.54) is 0 Å². The molecule has 2 atom stereocenters. The van der Waals surface area contributed by atoms with Gasteiger partial charge in [0.2, 0.25) is 5.95 Å². The Morgan fingerprint density at radius 3 is 2.24 bits per heavy atom. The minimum atomic E-state index is -4.47. The molecule has 2 aromatic rings. The van der Waals surface area contributed by atoms with Crippen molar-refractivity contribution in [2.45, 2.75) is 57.5 Å². The first kappa shape index (κ1) is 24.2. The lowest BCUT2D eigenvalue weighted by Crippen LogP contribution is -2.62. The van der Waals surface area contributed by atoms with Gasteiger partial charge in [-0.2, -0.15) is 13.2 Å². The number of rotatable bonds is 4. The van der Waals surface area contributed by atoms with Crippen molar-refractivity contribution in [1.82, 2.24) is 34.6 Å². The molecule has 1 N–H and O–H groups in total. The van der Waals surface area contributed by atoms with Crippen molar-refractivity contribution in [3.8, 4) is 0 Å². The fraction of sp³-hybridized carbons (Fsp3) is 0.636. The number of nitrogens with one attached hydrogen (secondary N) is 1. The lowest BCUT2D eigenvalue weighted by molar-refractivity contribution is -0.138. The molecule has 2 saturated heterocycles. The van der Waals surface area contributed by atoms with E-state index in [2.05, 4.69) is 25.2 Å². The Bertz CT molecular complexity index is 959.